The first-order chi connectivity index (χ1) is 5.22. The highest BCUT2D eigenvalue weighted by Crippen LogP contribution is 1.87. The number of aliphatic hydroxyl groups excluding tert-OH is 1. The van der Waals surface area contributed by atoms with Gasteiger partial charge >= 0.3 is 5.97 Å². The summed E-state index contributed by atoms with van der Waals surface area (Å²) in [6.45, 7) is 0.327. The highest BCUT2D eigenvalue weighted by atomic mass is 32.1. The first kappa shape index (κ1) is 10.3. The third-order valence-corrected chi connectivity index (χ3v) is 1.43. The molecular weight excluding hydrogens is 166 g/mol. The molecule has 5 heteroatoms. The molecule has 0 radical (unpaired) electrons. The average molecular weight is 177 g/mol. The topological polar surface area (TPSA) is 69.6 Å². The van der Waals surface area contributed by atoms with Crippen LogP contribution in [0.1, 0.15) is 0 Å². The highest BCUT2D eigenvalue weighted by Gasteiger charge is 2.12. The minimum Gasteiger partial charge on any atom is -0.516 e. The van der Waals surface area contributed by atoms with E-state index in [2.05, 4.69) is 17.9 Å². The molecule has 4 nitrogen and oxygen atoms in total. The first-order valence-electron chi connectivity index (χ1n) is 3.08. The number of aliphatic carboxylic acids is 1. The molecule has 0 aromatic carbocycles. The maximum absolute atomic E-state index is 10.3. The monoisotopic (exact) mass is 177 g/mol. The van der Waals surface area contributed by atoms with Crippen molar-refractivity contribution >= 4 is 18.6 Å². The summed E-state index contributed by atoms with van der Waals surface area (Å²) >= 11 is 3.83. The zero-order chi connectivity index (χ0) is 8.69. The Bertz CT molecular complexity index is 149. The Labute approximate surface area is 70.3 Å². The Morgan fingerprint density at radius 1 is 1.73 bits per heavy atom. The van der Waals surface area contributed by atoms with Gasteiger partial charge in [-0.2, -0.15) is 12.6 Å². The Kier molecular flexibility index (Phi) is 5.68. The van der Waals surface area contributed by atoms with Crippen LogP contribution in [0.3, 0.4) is 0 Å². The van der Waals surface area contributed by atoms with Crippen LogP contribution in [0.25, 0.3) is 0 Å². The summed E-state index contributed by atoms with van der Waals surface area (Å²) in [6, 6.07) is -0.658. The van der Waals surface area contributed by atoms with Crippen molar-refractivity contribution in [2.24, 2.45) is 0 Å². The lowest BCUT2D eigenvalue weighted by Crippen LogP contribution is -2.38. The number of carbonyl (C=O) groups is 1. The van der Waals surface area contributed by atoms with Crippen LogP contribution in [-0.2, 0) is 4.79 Å². The highest BCUT2D eigenvalue weighted by molar-refractivity contribution is 7.80. The number of nitrogens with one attached hydrogen (secondary N) is 1. The van der Waals surface area contributed by atoms with Crippen molar-refractivity contribution in [2.75, 3.05) is 12.3 Å². The molecule has 0 heterocycles. The number of carboxylic acid groups (broad SMARTS) is 1. The molecule has 0 amide bonds. The van der Waals surface area contributed by atoms with E-state index in [1.54, 1.807) is 0 Å². The molecule has 0 aromatic heterocycles. The second-order valence-corrected chi connectivity index (χ2v) is 2.23. The molecule has 1 atom stereocenters. The van der Waals surface area contributed by atoms with Gasteiger partial charge in [0, 0.05) is 12.3 Å². The van der Waals surface area contributed by atoms with Crippen LogP contribution in [0.4, 0.5) is 0 Å². The van der Waals surface area contributed by atoms with Gasteiger partial charge in [-0.25, -0.2) is 0 Å². The predicted molar refractivity (Wildman–Crippen MR) is 45.0 cm³/mol. The number of rotatable bonds is 5. The van der Waals surface area contributed by atoms with Gasteiger partial charge in [0.15, 0.2) is 0 Å². The third-order valence-electron chi connectivity index (χ3n) is 1.07. The standard InChI is InChI=1S/C6H11NO3S/c8-3-1-2-7-5(4-11)6(9)10/h1,3,5,7-8,11H,2,4H2,(H,9,10)/t5-/m0/s1. The van der Waals surface area contributed by atoms with E-state index in [1.165, 1.54) is 6.08 Å². The van der Waals surface area contributed by atoms with E-state index in [-0.39, 0.29) is 5.75 Å². The van der Waals surface area contributed by atoms with Gasteiger partial charge in [-0.15, -0.1) is 0 Å². The fourth-order valence-corrected chi connectivity index (χ4v) is 0.778. The van der Waals surface area contributed by atoms with Crippen molar-refractivity contribution in [2.45, 2.75) is 6.04 Å². The van der Waals surface area contributed by atoms with Crippen LogP contribution in [0.2, 0.25) is 0 Å². The summed E-state index contributed by atoms with van der Waals surface area (Å²) in [5, 5.41) is 19.3. The number of hydrogen-bond donors (Lipinski definition) is 4. The molecule has 0 fully saturated rings. The molecule has 0 aliphatic carbocycles. The molecule has 0 aliphatic rings. The summed E-state index contributed by atoms with van der Waals surface area (Å²) in [7, 11) is 0. The predicted octanol–water partition coefficient (Wildman–Crippen LogP) is 0.0307. The van der Waals surface area contributed by atoms with Crippen molar-refractivity contribution < 1.29 is 15.0 Å². The third kappa shape index (κ3) is 4.69. The quantitative estimate of drug-likeness (QED) is 0.353. The van der Waals surface area contributed by atoms with Crippen molar-refractivity contribution in [3.05, 3.63) is 12.3 Å². The molecule has 0 spiro atoms. The Morgan fingerprint density at radius 3 is 2.73 bits per heavy atom. The molecule has 0 bridgehead atoms. The van der Waals surface area contributed by atoms with Crippen molar-refractivity contribution in [3.8, 4) is 0 Å². The van der Waals surface area contributed by atoms with Gasteiger partial charge < -0.3 is 15.5 Å². The van der Waals surface area contributed by atoms with Gasteiger partial charge in [-0.1, -0.05) is 0 Å². The molecule has 0 saturated carbocycles. The lowest BCUT2D eigenvalue weighted by Gasteiger charge is -2.08. The SMILES string of the molecule is O=C(O)[C@H](CS)NCC=CO. The van der Waals surface area contributed by atoms with Crippen LogP contribution >= 0.6 is 12.6 Å². The summed E-state index contributed by atoms with van der Waals surface area (Å²) in [5.41, 5.74) is 0. The molecule has 0 aliphatic heterocycles. The van der Waals surface area contributed by atoms with Gasteiger partial charge in [-0.05, 0) is 6.08 Å². The van der Waals surface area contributed by atoms with Crippen LogP contribution in [-0.4, -0.2) is 34.5 Å². The van der Waals surface area contributed by atoms with E-state index in [4.69, 9.17) is 10.2 Å². The van der Waals surface area contributed by atoms with Crippen molar-refractivity contribution in [3.63, 3.8) is 0 Å². The normalized spacial score (nSPS) is 13.5. The zero-order valence-corrected chi connectivity index (χ0v) is 6.79. The second-order valence-electron chi connectivity index (χ2n) is 1.87. The maximum atomic E-state index is 10.3. The summed E-state index contributed by atoms with van der Waals surface area (Å²) in [6.07, 6.45) is 2.28. The van der Waals surface area contributed by atoms with Crippen LogP contribution in [0.5, 0.6) is 0 Å². The van der Waals surface area contributed by atoms with Gasteiger partial charge in [0.1, 0.15) is 6.04 Å². The number of carboxylic acids is 1. The smallest absolute Gasteiger partial charge is 0.321 e. The van der Waals surface area contributed by atoms with Gasteiger partial charge in [0.2, 0.25) is 0 Å². The fourth-order valence-electron chi connectivity index (χ4n) is 0.493. The first-order valence-corrected chi connectivity index (χ1v) is 3.72. The van der Waals surface area contributed by atoms with Gasteiger partial charge in [0.25, 0.3) is 0 Å². The van der Waals surface area contributed by atoms with Gasteiger partial charge in [0.05, 0.1) is 6.26 Å². The van der Waals surface area contributed by atoms with Crippen LogP contribution in [0, 0.1) is 0 Å². The Balaban J connectivity index is 3.61. The lowest BCUT2D eigenvalue weighted by atomic mass is 10.3. The molecule has 64 valence electrons. The largest absolute Gasteiger partial charge is 0.516 e. The van der Waals surface area contributed by atoms with Crippen LogP contribution < -0.4 is 5.32 Å². The number of hydrogen-bond acceptors (Lipinski definition) is 4. The minimum atomic E-state index is -0.939. The second kappa shape index (κ2) is 6.06. The van der Waals surface area contributed by atoms with E-state index in [1.807, 2.05) is 0 Å². The molecule has 11 heavy (non-hydrogen) atoms. The van der Waals surface area contributed by atoms with E-state index < -0.39 is 12.0 Å². The zero-order valence-electron chi connectivity index (χ0n) is 5.90. The van der Waals surface area contributed by atoms with E-state index >= 15 is 0 Å². The lowest BCUT2D eigenvalue weighted by molar-refractivity contribution is -0.138. The molecule has 0 saturated heterocycles. The number of aliphatic hydroxyl groups is 1. The Morgan fingerprint density at radius 2 is 2.36 bits per heavy atom. The average Bonchev–Trinajstić information content (AvgIpc) is 1.97. The van der Waals surface area contributed by atoms with E-state index in [0.29, 0.717) is 6.54 Å². The van der Waals surface area contributed by atoms with E-state index in [0.717, 1.165) is 6.26 Å². The molecule has 0 aromatic rings. The molecular formula is C6H11NO3S. The minimum absolute atomic E-state index is 0.231. The van der Waals surface area contributed by atoms with Crippen molar-refractivity contribution in [1.29, 1.82) is 0 Å². The number of thiol groups is 1. The fraction of sp³-hybridized carbons (Fsp3) is 0.500. The summed E-state index contributed by atoms with van der Waals surface area (Å²) in [5.74, 6) is -0.708. The summed E-state index contributed by atoms with van der Waals surface area (Å²) in [4.78, 5) is 10.3. The summed E-state index contributed by atoms with van der Waals surface area (Å²) < 4.78 is 0. The molecule has 0 unspecified atom stereocenters. The Hall–Kier alpha value is -0.680. The molecule has 3 N–H and O–H groups in total. The maximum Gasteiger partial charge on any atom is 0.321 e. The molecule has 0 rings (SSSR count). The van der Waals surface area contributed by atoms with Crippen LogP contribution in [0.15, 0.2) is 12.3 Å². The van der Waals surface area contributed by atoms with Gasteiger partial charge in [-0.3, -0.25) is 4.79 Å². The van der Waals surface area contributed by atoms with E-state index in [9.17, 15) is 4.79 Å². The van der Waals surface area contributed by atoms with Crippen molar-refractivity contribution in [1.82, 2.24) is 5.32 Å².